The minimum atomic E-state index is 0.772. The van der Waals surface area contributed by atoms with Gasteiger partial charge in [0.15, 0.2) is 0 Å². The predicted octanol–water partition coefficient (Wildman–Crippen LogP) is 4.58. The Hall–Kier alpha value is -0.520. The van der Waals surface area contributed by atoms with Crippen molar-refractivity contribution in [2.24, 2.45) is 11.8 Å². The van der Waals surface area contributed by atoms with E-state index in [0.29, 0.717) is 0 Å². The van der Waals surface area contributed by atoms with Crippen molar-refractivity contribution in [1.82, 2.24) is 0 Å². The molecule has 0 aromatic rings. The first-order chi connectivity index (χ1) is 6.02. The molecule has 13 heavy (non-hydrogen) atoms. The Morgan fingerprint density at radius 3 is 2.00 bits per heavy atom. The Morgan fingerprint density at radius 2 is 1.54 bits per heavy atom. The molecule has 76 valence electrons. The molecule has 0 aliphatic heterocycles. The molecule has 0 unspecified atom stereocenters. The Labute approximate surface area is 83.7 Å². The number of allylic oxidation sites excluding steroid dienone is 4. The molecule has 0 rings (SSSR count). The second-order valence-electron chi connectivity index (χ2n) is 4.61. The fraction of sp³-hybridized carbons (Fsp3) is 0.692. The monoisotopic (exact) mass is 180 g/mol. The summed E-state index contributed by atoms with van der Waals surface area (Å²) in [7, 11) is 0. The van der Waals surface area contributed by atoms with E-state index >= 15 is 0 Å². The van der Waals surface area contributed by atoms with Gasteiger partial charge >= 0.3 is 0 Å². The smallest absolute Gasteiger partial charge is 0.0322 e. The summed E-state index contributed by atoms with van der Waals surface area (Å²) in [4.78, 5) is 0. The second-order valence-corrected chi connectivity index (χ2v) is 4.61. The molecule has 0 saturated heterocycles. The van der Waals surface area contributed by atoms with Gasteiger partial charge in [-0.05, 0) is 31.6 Å². The first-order valence-corrected chi connectivity index (χ1v) is 5.35. The highest BCUT2D eigenvalue weighted by Crippen LogP contribution is 2.07. The molecule has 0 bridgehead atoms. The first-order valence-electron chi connectivity index (χ1n) is 5.35. The summed E-state index contributed by atoms with van der Waals surface area (Å²) in [6.07, 6.45) is 9.21. The molecule has 0 N–H and O–H groups in total. The lowest BCUT2D eigenvalue weighted by molar-refractivity contribution is 0.659. The van der Waals surface area contributed by atoms with Crippen LogP contribution in [0, 0.1) is 11.8 Å². The fourth-order valence-corrected chi connectivity index (χ4v) is 1.02. The van der Waals surface area contributed by atoms with Gasteiger partial charge < -0.3 is 0 Å². The maximum absolute atomic E-state index is 2.32. The van der Waals surface area contributed by atoms with Gasteiger partial charge in [0.2, 0.25) is 0 Å². The van der Waals surface area contributed by atoms with Crippen molar-refractivity contribution in [3.05, 3.63) is 23.8 Å². The minimum Gasteiger partial charge on any atom is -0.0840 e. The van der Waals surface area contributed by atoms with Gasteiger partial charge in [-0.2, -0.15) is 0 Å². The van der Waals surface area contributed by atoms with Crippen LogP contribution >= 0.6 is 0 Å². The van der Waals surface area contributed by atoms with Gasteiger partial charge in [0, 0.05) is 0 Å². The van der Waals surface area contributed by atoms with E-state index in [1.807, 2.05) is 0 Å². The molecule has 0 aromatic carbocycles. The lowest BCUT2D eigenvalue weighted by Gasteiger charge is -1.99. The molecular weight excluding hydrogens is 156 g/mol. The SMILES string of the molecule is CC(/C=C/CC(C)C)=C\CC(C)C. The predicted molar refractivity (Wildman–Crippen MR) is 61.8 cm³/mol. The van der Waals surface area contributed by atoms with Crippen molar-refractivity contribution in [3.8, 4) is 0 Å². The van der Waals surface area contributed by atoms with E-state index in [2.05, 4.69) is 52.8 Å². The van der Waals surface area contributed by atoms with Crippen LogP contribution in [-0.2, 0) is 0 Å². The van der Waals surface area contributed by atoms with Crippen molar-refractivity contribution < 1.29 is 0 Å². The summed E-state index contributed by atoms with van der Waals surface area (Å²) in [6.45, 7) is 11.2. The van der Waals surface area contributed by atoms with Crippen LogP contribution in [0.3, 0.4) is 0 Å². The summed E-state index contributed by atoms with van der Waals surface area (Å²) in [5.74, 6) is 1.54. The molecule has 0 nitrogen and oxygen atoms in total. The molecule has 0 amide bonds. The largest absolute Gasteiger partial charge is 0.0840 e. The molecule has 0 aromatic heterocycles. The van der Waals surface area contributed by atoms with E-state index in [0.717, 1.165) is 11.8 Å². The van der Waals surface area contributed by atoms with Gasteiger partial charge in [-0.3, -0.25) is 0 Å². The molecular formula is C13H24. The molecule has 0 aliphatic rings. The Bertz CT molecular complexity index is 170. The van der Waals surface area contributed by atoms with Crippen LogP contribution in [0.5, 0.6) is 0 Å². The second kappa shape index (κ2) is 6.94. The van der Waals surface area contributed by atoms with Crippen LogP contribution in [0.15, 0.2) is 23.8 Å². The zero-order valence-electron chi connectivity index (χ0n) is 9.80. The van der Waals surface area contributed by atoms with Crippen LogP contribution in [0.25, 0.3) is 0 Å². The highest BCUT2D eigenvalue weighted by molar-refractivity contribution is 5.15. The highest BCUT2D eigenvalue weighted by Gasteiger charge is 1.90. The third-order valence-electron chi connectivity index (χ3n) is 1.90. The summed E-state index contributed by atoms with van der Waals surface area (Å²) < 4.78 is 0. The summed E-state index contributed by atoms with van der Waals surface area (Å²) in [5.41, 5.74) is 1.40. The van der Waals surface area contributed by atoms with E-state index in [9.17, 15) is 0 Å². The highest BCUT2D eigenvalue weighted by atomic mass is 14.0. The topological polar surface area (TPSA) is 0 Å². The van der Waals surface area contributed by atoms with Gasteiger partial charge in [0.25, 0.3) is 0 Å². The van der Waals surface area contributed by atoms with E-state index in [4.69, 9.17) is 0 Å². The molecule has 0 aliphatic carbocycles. The Balaban J connectivity index is 3.77. The average Bonchev–Trinajstić information content (AvgIpc) is 2.00. The molecule has 0 atom stereocenters. The number of hydrogen-bond donors (Lipinski definition) is 0. The van der Waals surface area contributed by atoms with Crippen molar-refractivity contribution in [2.75, 3.05) is 0 Å². The zero-order chi connectivity index (χ0) is 10.3. The van der Waals surface area contributed by atoms with Crippen LogP contribution < -0.4 is 0 Å². The lowest BCUT2D eigenvalue weighted by Crippen LogP contribution is -1.84. The van der Waals surface area contributed by atoms with Gasteiger partial charge in [-0.15, -0.1) is 0 Å². The van der Waals surface area contributed by atoms with E-state index in [-0.39, 0.29) is 0 Å². The standard InChI is InChI=1S/C13H24/c1-11(2)7-6-8-13(5)10-9-12(3)4/h6,8,10-12H,7,9H2,1-5H3/b8-6+,13-10+. The molecule has 0 heterocycles. The molecule has 0 fully saturated rings. The number of hydrogen-bond acceptors (Lipinski definition) is 0. The molecule has 0 spiro atoms. The van der Waals surface area contributed by atoms with E-state index < -0.39 is 0 Å². The van der Waals surface area contributed by atoms with Crippen molar-refractivity contribution in [2.45, 2.75) is 47.5 Å². The fourth-order valence-electron chi connectivity index (χ4n) is 1.02. The first kappa shape index (κ1) is 12.5. The van der Waals surface area contributed by atoms with Crippen molar-refractivity contribution in [1.29, 1.82) is 0 Å². The number of rotatable bonds is 5. The van der Waals surface area contributed by atoms with Crippen LogP contribution in [0.2, 0.25) is 0 Å². The van der Waals surface area contributed by atoms with Crippen LogP contribution in [0.1, 0.15) is 47.5 Å². The minimum absolute atomic E-state index is 0.772. The lowest BCUT2D eigenvalue weighted by atomic mass is 10.1. The normalized spacial score (nSPS) is 13.6. The zero-order valence-corrected chi connectivity index (χ0v) is 9.80. The van der Waals surface area contributed by atoms with Gasteiger partial charge in [0.1, 0.15) is 0 Å². The van der Waals surface area contributed by atoms with Crippen molar-refractivity contribution >= 4 is 0 Å². The maximum atomic E-state index is 2.32. The van der Waals surface area contributed by atoms with E-state index in [1.54, 1.807) is 0 Å². The van der Waals surface area contributed by atoms with Crippen LogP contribution in [-0.4, -0.2) is 0 Å². The third kappa shape index (κ3) is 9.39. The van der Waals surface area contributed by atoms with Crippen LogP contribution in [0.4, 0.5) is 0 Å². The molecule has 0 heteroatoms. The average molecular weight is 180 g/mol. The quantitative estimate of drug-likeness (QED) is 0.543. The third-order valence-corrected chi connectivity index (χ3v) is 1.90. The molecule has 0 radical (unpaired) electrons. The summed E-state index contributed by atoms with van der Waals surface area (Å²) >= 11 is 0. The van der Waals surface area contributed by atoms with Gasteiger partial charge in [-0.25, -0.2) is 0 Å². The molecule has 0 saturated carbocycles. The maximum Gasteiger partial charge on any atom is -0.0322 e. The Morgan fingerprint density at radius 1 is 1.00 bits per heavy atom. The van der Waals surface area contributed by atoms with Crippen molar-refractivity contribution in [3.63, 3.8) is 0 Å². The van der Waals surface area contributed by atoms with E-state index in [1.165, 1.54) is 18.4 Å². The Kier molecular flexibility index (Phi) is 6.66. The summed E-state index contributed by atoms with van der Waals surface area (Å²) in [6, 6.07) is 0. The summed E-state index contributed by atoms with van der Waals surface area (Å²) in [5, 5.41) is 0. The van der Waals surface area contributed by atoms with Gasteiger partial charge in [0.05, 0.1) is 0 Å². The van der Waals surface area contributed by atoms with Gasteiger partial charge in [-0.1, -0.05) is 51.5 Å².